The van der Waals surface area contributed by atoms with E-state index in [1.165, 1.54) is 0 Å². The van der Waals surface area contributed by atoms with Crippen molar-refractivity contribution in [2.45, 2.75) is 38.6 Å². The van der Waals surface area contributed by atoms with E-state index in [4.69, 9.17) is 4.42 Å². The van der Waals surface area contributed by atoms with Crippen molar-refractivity contribution in [3.8, 4) is 0 Å². The van der Waals surface area contributed by atoms with Crippen molar-refractivity contribution in [3.63, 3.8) is 0 Å². The van der Waals surface area contributed by atoms with Crippen LogP contribution in [0, 0.1) is 0 Å². The zero-order chi connectivity index (χ0) is 17.9. The Hall–Kier alpha value is -2.02. The molecular formula is C18H31N5O2. The van der Waals surface area contributed by atoms with Crippen molar-refractivity contribution < 1.29 is 9.21 Å². The number of nitrogens with one attached hydrogen (secondary N) is 3. The molecule has 0 atom stereocenters. The number of aliphatic imine (C=N–C) groups is 1. The standard InChI is InChI=1S/C18H31N5O2/c1-3-9-20-17(24)14-23-11-7-15(8-12-23)22-18(19-2)21-10-6-16-5-4-13-25-16/h4-5,13,15H,3,6-12,14H2,1-2H3,(H,20,24)(H2,19,21,22). The van der Waals surface area contributed by atoms with Gasteiger partial charge in [0.05, 0.1) is 12.8 Å². The Bertz CT molecular complexity index is 522. The van der Waals surface area contributed by atoms with Crippen LogP contribution in [0.2, 0.25) is 0 Å². The molecule has 25 heavy (non-hydrogen) atoms. The number of guanidine groups is 1. The first-order valence-corrected chi connectivity index (χ1v) is 9.20. The van der Waals surface area contributed by atoms with Crippen LogP contribution in [0.1, 0.15) is 31.9 Å². The molecule has 0 aliphatic carbocycles. The van der Waals surface area contributed by atoms with Crippen LogP contribution in [0.25, 0.3) is 0 Å². The van der Waals surface area contributed by atoms with E-state index in [0.717, 1.165) is 63.6 Å². The van der Waals surface area contributed by atoms with Crippen molar-refractivity contribution >= 4 is 11.9 Å². The summed E-state index contributed by atoms with van der Waals surface area (Å²) in [5.41, 5.74) is 0. The molecule has 1 aromatic rings. The molecule has 0 aromatic carbocycles. The van der Waals surface area contributed by atoms with E-state index in [0.29, 0.717) is 12.6 Å². The molecule has 2 heterocycles. The minimum atomic E-state index is 0.128. The zero-order valence-corrected chi connectivity index (χ0v) is 15.4. The molecule has 7 nitrogen and oxygen atoms in total. The third-order valence-corrected chi connectivity index (χ3v) is 4.34. The maximum absolute atomic E-state index is 11.8. The van der Waals surface area contributed by atoms with Crippen LogP contribution in [-0.2, 0) is 11.2 Å². The van der Waals surface area contributed by atoms with Gasteiger partial charge in [0.15, 0.2) is 5.96 Å². The lowest BCUT2D eigenvalue weighted by Crippen LogP contribution is -2.50. The topological polar surface area (TPSA) is 81.9 Å². The normalized spacial score (nSPS) is 16.6. The van der Waals surface area contributed by atoms with Gasteiger partial charge in [-0.05, 0) is 31.4 Å². The highest BCUT2D eigenvalue weighted by Gasteiger charge is 2.21. The minimum Gasteiger partial charge on any atom is -0.469 e. The average molecular weight is 349 g/mol. The number of furan rings is 1. The number of hydrogen-bond acceptors (Lipinski definition) is 4. The minimum absolute atomic E-state index is 0.128. The van der Waals surface area contributed by atoms with E-state index < -0.39 is 0 Å². The number of likely N-dealkylation sites (tertiary alicyclic amines) is 1. The molecule has 0 saturated carbocycles. The molecule has 0 unspecified atom stereocenters. The fourth-order valence-electron chi connectivity index (χ4n) is 2.91. The van der Waals surface area contributed by atoms with Gasteiger partial charge in [0.2, 0.25) is 5.91 Å². The maximum Gasteiger partial charge on any atom is 0.234 e. The lowest BCUT2D eigenvalue weighted by atomic mass is 10.1. The van der Waals surface area contributed by atoms with E-state index in [1.54, 1.807) is 13.3 Å². The molecule has 0 spiro atoms. The summed E-state index contributed by atoms with van der Waals surface area (Å²) in [5, 5.41) is 9.73. The summed E-state index contributed by atoms with van der Waals surface area (Å²) in [4.78, 5) is 18.3. The molecule has 140 valence electrons. The zero-order valence-electron chi connectivity index (χ0n) is 15.4. The molecule has 3 N–H and O–H groups in total. The van der Waals surface area contributed by atoms with Crippen molar-refractivity contribution in [2.24, 2.45) is 4.99 Å². The van der Waals surface area contributed by atoms with Crippen molar-refractivity contribution in [1.29, 1.82) is 0 Å². The van der Waals surface area contributed by atoms with Crippen LogP contribution in [0.3, 0.4) is 0 Å². The lowest BCUT2D eigenvalue weighted by molar-refractivity contribution is -0.122. The SMILES string of the molecule is CCCNC(=O)CN1CCC(NC(=NC)NCCc2ccco2)CC1. The Morgan fingerprint density at radius 2 is 2.12 bits per heavy atom. The maximum atomic E-state index is 11.8. The Kier molecular flexibility index (Phi) is 8.31. The highest BCUT2D eigenvalue weighted by molar-refractivity contribution is 5.80. The fourth-order valence-corrected chi connectivity index (χ4v) is 2.91. The number of hydrogen-bond donors (Lipinski definition) is 3. The van der Waals surface area contributed by atoms with Crippen LogP contribution in [0.5, 0.6) is 0 Å². The van der Waals surface area contributed by atoms with Gasteiger partial charge in [-0.2, -0.15) is 0 Å². The smallest absolute Gasteiger partial charge is 0.234 e. The monoisotopic (exact) mass is 349 g/mol. The average Bonchev–Trinajstić information content (AvgIpc) is 3.14. The van der Waals surface area contributed by atoms with Crippen molar-refractivity contribution in [2.75, 3.05) is 39.8 Å². The second-order valence-corrected chi connectivity index (χ2v) is 6.37. The van der Waals surface area contributed by atoms with Gasteiger partial charge in [0.1, 0.15) is 5.76 Å². The van der Waals surface area contributed by atoms with Crippen LogP contribution >= 0.6 is 0 Å². The molecule has 1 aliphatic heterocycles. The van der Waals surface area contributed by atoms with E-state index >= 15 is 0 Å². The van der Waals surface area contributed by atoms with Gasteiger partial charge in [-0.1, -0.05) is 6.92 Å². The Morgan fingerprint density at radius 3 is 2.76 bits per heavy atom. The van der Waals surface area contributed by atoms with Crippen LogP contribution in [0.4, 0.5) is 0 Å². The van der Waals surface area contributed by atoms with Gasteiger partial charge in [-0.15, -0.1) is 0 Å². The highest BCUT2D eigenvalue weighted by Crippen LogP contribution is 2.09. The molecule has 0 bridgehead atoms. The summed E-state index contributed by atoms with van der Waals surface area (Å²) < 4.78 is 5.33. The Morgan fingerprint density at radius 1 is 1.32 bits per heavy atom. The molecule has 0 radical (unpaired) electrons. The largest absolute Gasteiger partial charge is 0.469 e. The molecule has 1 saturated heterocycles. The van der Waals surface area contributed by atoms with Crippen molar-refractivity contribution in [3.05, 3.63) is 24.2 Å². The van der Waals surface area contributed by atoms with E-state index in [-0.39, 0.29) is 5.91 Å². The summed E-state index contributed by atoms with van der Waals surface area (Å²) in [6, 6.07) is 4.27. The molecule has 1 amide bonds. The van der Waals surface area contributed by atoms with Gasteiger partial charge in [0, 0.05) is 45.7 Å². The molecule has 1 aromatic heterocycles. The van der Waals surface area contributed by atoms with Crippen LogP contribution in [-0.4, -0.2) is 62.6 Å². The Balaban J connectivity index is 1.63. The first kappa shape index (κ1) is 19.3. The molecule has 7 heteroatoms. The summed E-state index contributed by atoms with van der Waals surface area (Å²) >= 11 is 0. The Labute approximate surface area is 150 Å². The van der Waals surface area contributed by atoms with Gasteiger partial charge >= 0.3 is 0 Å². The highest BCUT2D eigenvalue weighted by atomic mass is 16.3. The summed E-state index contributed by atoms with van der Waals surface area (Å²) in [7, 11) is 1.79. The number of carbonyl (C=O) groups is 1. The quantitative estimate of drug-likeness (QED) is 0.481. The number of carbonyl (C=O) groups excluding carboxylic acids is 1. The number of nitrogens with zero attached hydrogens (tertiary/aromatic N) is 2. The first-order chi connectivity index (χ1) is 12.2. The number of piperidine rings is 1. The molecule has 1 aliphatic rings. The van der Waals surface area contributed by atoms with E-state index in [1.807, 2.05) is 12.1 Å². The van der Waals surface area contributed by atoms with E-state index in [2.05, 4.69) is 32.8 Å². The summed E-state index contributed by atoms with van der Waals surface area (Å²) in [6.07, 6.45) is 5.53. The second kappa shape index (κ2) is 10.8. The molecule has 1 fully saturated rings. The molecular weight excluding hydrogens is 318 g/mol. The fraction of sp³-hybridized carbons (Fsp3) is 0.667. The van der Waals surface area contributed by atoms with Gasteiger partial charge in [-0.25, -0.2) is 0 Å². The molecule has 2 rings (SSSR count). The predicted molar refractivity (Wildman–Crippen MR) is 99.7 cm³/mol. The second-order valence-electron chi connectivity index (χ2n) is 6.37. The number of rotatable bonds is 8. The van der Waals surface area contributed by atoms with Gasteiger partial charge < -0.3 is 20.4 Å². The van der Waals surface area contributed by atoms with Gasteiger partial charge in [0.25, 0.3) is 0 Å². The summed E-state index contributed by atoms with van der Waals surface area (Å²) in [6.45, 7) is 5.97. The number of amides is 1. The van der Waals surface area contributed by atoms with Crippen LogP contribution in [0.15, 0.2) is 27.8 Å². The predicted octanol–water partition coefficient (Wildman–Crippen LogP) is 0.978. The van der Waals surface area contributed by atoms with Crippen molar-refractivity contribution in [1.82, 2.24) is 20.9 Å². The van der Waals surface area contributed by atoms with E-state index in [9.17, 15) is 4.79 Å². The van der Waals surface area contributed by atoms with Crippen LogP contribution < -0.4 is 16.0 Å². The summed E-state index contributed by atoms with van der Waals surface area (Å²) in [5.74, 6) is 1.92. The van der Waals surface area contributed by atoms with Gasteiger partial charge in [-0.3, -0.25) is 14.7 Å². The third-order valence-electron chi connectivity index (χ3n) is 4.34. The lowest BCUT2D eigenvalue weighted by Gasteiger charge is -2.32. The first-order valence-electron chi connectivity index (χ1n) is 9.20. The third kappa shape index (κ3) is 7.17.